The predicted octanol–water partition coefficient (Wildman–Crippen LogP) is 4.19. The van der Waals surface area contributed by atoms with E-state index >= 15 is 0 Å². The van der Waals surface area contributed by atoms with Crippen LogP contribution in [-0.4, -0.2) is 35.5 Å². The van der Waals surface area contributed by atoms with Gasteiger partial charge in [-0.2, -0.15) is 13.2 Å². The molecule has 5 nitrogen and oxygen atoms in total. The minimum Gasteiger partial charge on any atom is -0.348 e. The maximum Gasteiger partial charge on any atom is 0.416 e. The van der Waals surface area contributed by atoms with Crippen molar-refractivity contribution in [2.45, 2.75) is 31.1 Å². The molecular weight excluding hydrogens is 391 g/mol. The number of thiophene rings is 1. The van der Waals surface area contributed by atoms with E-state index in [9.17, 15) is 22.8 Å². The number of piperidine rings is 1. The van der Waals surface area contributed by atoms with Gasteiger partial charge in [-0.25, -0.2) is 4.79 Å². The lowest BCUT2D eigenvalue weighted by Gasteiger charge is -2.32. The van der Waals surface area contributed by atoms with Gasteiger partial charge in [0.25, 0.3) is 5.91 Å². The number of hydrogen-bond donors (Lipinski definition) is 2. The van der Waals surface area contributed by atoms with E-state index in [1.165, 1.54) is 23.5 Å². The topological polar surface area (TPSA) is 61.4 Å². The summed E-state index contributed by atoms with van der Waals surface area (Å²) < 4.78 is 37.9. The van der Waals surface area contributed by atoms with Crippen molar-refractivity contribution in [3.63, 3.8) is 0 Å². The Morgan fingerprint density at radius 1 is 1.11 bits per heavy atom. The molecule has 2 bridgehead atoms. The molecule has 1 saturated heterocycles. The van der Waals surface area contributed by atoms with Gasteiger partial charge in [0.2, 0.25) is 0 Å². The summed E-state index contributed by atoms with van der Waals surface area (Å²) in [5, 5.41) is 7.56. The average molecular weight is 409 g/mol. The number of carbonyl (C=O) groups excluding carboxylic acids is 2. The fourth-order valence-electron chi connectivity index (χ4n) is 3.96. The monoisotopic (exact) mass is 409 g/mol. The van der Waals surface area contributed by atoms with Crippen molar-refractivity contribution in [3.05, 3.63) is 52.2 Å². The minimum absolute atomic E-state index is 0.0214. The molecule has 3 amide bonds. The van der Waals surface area contributed by atoms with Gasteiger partial charge in [-0.1, -0.05) is 6.07 Å². The first-order valence-electron chi connectivity index (χ1n) is 8.90. The molecule has 2 aromatic rings. The molecule has 1 aromatic carbocycles. The largest absolute Gasteiger partial charge is 0.416 e. The molecule has 2 N–H and O–H groups in total. The van der Waals surface area contributed by atoms with Gasteiger partial charge in [0.1, 0.15) is 0 Å². The summed E-state index contributed by atoms with van der Waals surface area (Å²) in [6.07, 6.45) is -2.91. The fraction of sp³-hybridized carbons (Fsp3) is 0.368. The second kappa shape index (κ2) is 7.12. The summed E-state index contributed by atoms with van der Waals surface area (Å²) in [7, 11) is 0. The van der Waals surface area contributed by atoms with E-state index in [2.05, 4.69) is 10.6 Å². The van der Waals surface area contributed by atoms with E-state index < -0.39 is 11.7 Å². The van der Waals surface area contributed by atoms with Crippen molar-refractivity contribution in [2.75, 3.05) is 11.9 Å². The first-order chi connectivity index (χ1) is 13.3. The van der Waals surface area contributed by atoms with Gasteiger partial charge in [-0.05, 0) is 54.5 Å². The van der Waals surface area contributed by atoms with E-state index in [0.29, 0.717) is 23.5 Å². The molecule has 28 heavy (non-hydrogen) atoms. The Balaban J connectivity index is 1.32. The third-order valence-corrected chi connectivity index (χ3v) is 6.20. The van der Waals surface area contributed by atoms with Crippen LogP contribution in [0.3, 0.4) is 0 Å². The maximum absolute atomic E-state index is 12.6. The molecule has 0 radical (unpaired) electrons. The molecule has 4 rings (SSSR count). The third kappa shape index (κ3) is 3.71. The normalized spacial score (nSPS) is 23.7. The summed E-state index contributed by atoms with van der Waals surface area (Å²) >= 11 is 1.39. The van der Waals surface area contributed by atoms with Crippen molar-refractivity contribution in [1.29, 1.82) is 0 Å². The van der Waals surface area contributed by atoms with E-state index in [1.54, 1.807) is 11.0 Å². The number of fused-ring (bicyclic) bond motifs is 2. The van der Waals surface area contributed by atoms with E-state index in [-0.39, 0.29) is 29.9 Å². The minimum atomic E-state index is -4.40. The summed E-state index contributed by atoms with van der Waals surface area (Å²) in [5.41, 5.74) is -0.432. The molecule has 2 heterocycles. The number of anilines is 1. The summed E-state index contributed by atoms with van der Waals surface area (Å²) in [6.45, 7) is 0.520. The molecule has 3 unspecified atom stereocenters. The number of amides is 3. The van der Waals surface area contributed by atoms with Gasteiger partial charge in [-0.3, -0.25) is 4.79 Å². The van der Waals surface area contributed by atoms with Crippen LogP contribution in [0.15, 0.2) is 41.8 Å². The lowest BCUT2D eigenvalue weighted by Crippen LogP contribution is -2.48. The second-order valence-electron chi connectivity index (χ2n) is 7.10. The lowest BCUT2D eigenvalue weighted by molar-refractivity contribution is -0.137. The van der Waals surface area contributed by atoms with Crippen molar-refractivity contribution < 1.29 is 22.8 Å². The van der Waals surface area contributed by atoms with Crippen LogP contribution in [0.4, 0.5) is 23.7 Å². The zero-order valence-electron chi connectivity index (χ0n) is 14.7. The van der Waals surface area contributed by atoms with Crippen molar-refractivity contribution in [2.24, 2.45) is 5.92 Å². The molecular formula is C19H18F3N3O2S. The highest BCUT2D eigenvalue weighted by Crippen LogP contribution is 2.38. The third-order valence-electron chi connectivity index (χ3n) is 5.33. The lowest BCUT2D eigenvalue weighted by atomic mass is 10.0. The Bertz CT molecular complexity index is 868. The Morgan fingerprint density at radius 3 is 2.43 bits per heavy atom. The van der Waals surface area contributed by atoms with E-state index in [0.717, 1.165) is 18.6 Å². The molecule has 1 aliphatic carbocycles. The zero-order valence-corrected chi connectivity index (χ0v) is 15.5. The average Bonchev–Trinajstić information content (AvgIpc) is 3.38. The standard InChI is InChI=1S/C19H18F3N3O2S/c20-19(21,22)12-3-5-13(6-4-12)23-18(27)25-10-11-8-14(25)9-15(11)24-17(26)16-2-1-7-28-16/h1-7,11,14-15H,8-10H2,(H,23,27)(H,24,26). The summed E-state index contributed by atoms with van der Waals surface area (Å²) in [6, 6.07) is 7.73. The number of carbonyl (C=O) groups is 2. The van der Waals surface area contributed by atoms with Crippen LogP contribution in [0.2, 0.25) is 0 Å². The highest BCUT2D eigenvalue weighted by atomic mass is 32.1. The van der Waals surface area contributed by atoms with Crippen LogP contribution in [0.5, 0.6) is 0 Å². The van der Waals surface area contributed by atoms with Gasteiger partial charge < -0.3 is 15.5 Å². The van der Waals surface area contributed by atoms with E-state index in [4.69, 9.17) is 0 Å². The molecule has 1 saturated carbocycles. The van der Waals surface area contributed by atoms with Crippen molar-refractivity contribution in [1.82, 2.24) is 10.2 Å². The van der Waals surface area contributed by atoms with Crippen molar-refractivity contribution in [3.8, 4) is 0 Å². The van der Waals surface area contributed by atoms with Crippen LogP contribution >= 0.6 is 11.3 Å². The molecule has 148 valence electrons. The number of rotatable bonds is 3. The second-order valence-corrected chi connectivity index (χ2v) is 8.05. The Hall–Kier alpha value is -2.55. The summed E-state index contributed by atoms with van der Waals surface area (Å²) in [4.78, 5) is 27.1. The van der Waals surface area contributed by atoms with Crippen LogP contribution in [0.25, 0.3) is 0 Å². The number of alkyl halides is 3. The smallest absolute Gasteiger partial charge is 0.348 e. The molecule has 1 aliphatic heterocycles. The summed E-state index contributed by atoms with van der Waals surface area (Å²) in [5.74, 6) is 0.0978. The van der Waals surface area contributed by atoms with Crippen LogP contribution in [-0.2, 0) is 6.18 Å². The number of nitrogens with one attached hydrogen (secondary N) is 2. The molecule has 2 fully saturated rings. The van der Waals surface area contributed by atoms with Crippen LogP contribution in [0.1, 0.15) is 28.1 Å². The molecule has 3 atom stereocenters. The Morgan fingerprint density at radius 2 is 1.86 bits per heavy atom. The molecule has 0 spiro atoms. The van der Waals surface area contributed by atoms with Gasteiger partial charge in [0, 0.05) is 24.3 Å². The highest BCUT2D eigenvalue weighted by Gasteiger charge is 2.47. The van der Waals surface area contributed by atoms with Gasteiger partial charge in [-0.15, -0.1) is 11.3 Å². The zero-order chi connectivity index (χ0) is 19.9. The first kappa shape index (κ1) is 18.8. The SMILES string of the molecule is O=C(NC1CC2CC1CN2C(=O)Nc1ccc(C(F)(F)F)cc1)c1cccs1. The van der Waals surface area contributed by atoms with Gasteiger partial charge in [0.15, 0.2) is 0 Å². The number of nitrogens with zero attached hydrogens (tertiary/aromatic N) is 1. The molecule has 9 heteroatoms. The van der Waals surface area contributed by atoms with Crippen LogP contribution in [0, 0.1) is 5.92 Å². The Labute approximate surface area is 163 Å². The first-order valence-corrected chi connectivity index (χ1v) is 9.78. The highest BCUT2D eigenvalue weighted by molar-refractivity contribution is 7.12. The molecule has 1 aromatic heterocycles. The maximum atomic E-state index is 12.6. The Kier molecular flexibility index (Phi) is 4.78. The number of likely N-dealkylation sites (tertiary alicyclic amines) is 1. The predicted molar refractivity (Wildman–Crippen MR) is 99.3 cm³/mol. The van der Waals surface area contributed by atoms with E-state index in [1.807, 2.05) is 11.4 Å². The number of halogens is 3. The number of hydrogen-bond acceptors (Lipinski definition) is 3. The van der Waals surface area contributed by atoms with Gasteiger partial charge in [0.05, 0.1) is 10.4 Å². The molecule has 2 aliphatic rings. The number of urea groups is 1. The number of benzene rings is 1. The van der Waals surface area contributed by atoms with Gasteiger partial charge >= 0.3 is 12.2 Å². The van der Waals surface area contributed by atoms with Crippen LogP contribution < -0.4 is 10.6 Å². The van der Waals surface area contributed by atoms with Crippen molar-refractivity contribution >= 4 is 29.0 Å². The quantitative estimate of drug-likeness (QED) is 0.799. The fourth-order valence-corrected chi connectivity index (χ4v) is 4.59.